The molecule has 2 amide bonds. The molecule has 2 fully saturated rings. The lowest BCUT2D eigenvalue weighted by Crippen LogP contribution is -2.52. The van der Waals surface area contributed by atoms with Crippen LogP contribution in [0.2, 0.25) is 0 Å². The van der Waals surface area contributed by atoms with Gasteiger partial charge in [-0.05, 0) is 43.3 Å². The van der Waals surface area contributed by atoms with Crippen LogP contribution < -0.4 is 9.80 Å². The lowest BCUT2D eigenvalue weighted by molar-refractivity contribution is -0.123. The van der Waals surface area contributed by atoms with Gasteiger partial charge in [0.05, 0.1) is 18.2 Å². The average molecular weight is 367 g/mol. The summed E-state index contributed by atoms with van der Waals surface area (Å²) in [5, 5.41) is 0. The monoisotopic (exact) mass is 367 g/mol. The van der Waals surface area contributed by atoms with Crippen LogP contribution in [0.4, 0.5) is 15.8 Å². The summed E-state index contributed by atoms with van der Waals surface area (Å²) in [4.78, 5) is 31.0. The fourth-order valence-corrected chi connectivity index (χ4v) is 3.81. The zero-order valence-electron chi connectivity index (χ0n) is 15.3. The lowest BCUT2D eigenvalue weighted by Gasteiger charge is -2.38. The molecular formula is C21H22FN3O2. The van der Waals surface area contributed by atoms with E-state index < -0.39 is 6.04 Å². The van der Waals surface area contributed by atoms with Crippen molar-refractivity contribution in [2.75, 3.05) is 36.0 Å². The SMILES string of the molecule is Cc1ccc(N2C(=O)CC(N3CCN(c4ccc(F)cc4)CC3)C2=O)cc1. The number of imide groups is 1. The van der Waals surface area contributed by atoms with Crippen LogP contribution in [0.1, 0.15) is 12.0 Å². The molecule has 2 saturated heterocycles. The van der Waals surface area contributed by atoms with E-state index >= 15 is 0 Å². The minimum Gasteiger partial charge on any atom is -0.369 e. The molecule has 27 heavy (non-hydrogen) atoms. The van der Waals surface area contributed by atoms with Crippen molar-refractivity contribution in [3.05, 3.63) is 59.9 Å². The van der Waals surface area contributed by atoms with Gasteiger partial charge in [0.25, 0.3) is 5.91 Å². The van der Waals surface area contributed by atoms with E-state index in [4.69, 9.17) is 0 Å². The Hall–Kier alpha value is -2.73. The average Bonchev–Trinajstić information content (AvgIpc) is 2.98. The first-order valence-corrected chi connectivity index (χ1v) is 9.21. The molecule has 1 unspecified atom stereocenters. The molecule has 2 aromatic carbocycles. The van der Waals surface area contributed by atoms with Crippen LogP contribution in [0.3, 0.4) is 0 Å². The van der Waals surface area contributed by atoms with Gasteiger partial charge in [-0.15, -0.1) is 0 Å². The number of halogens is 1. The van der Waals surface area contributed by atoms with Crippen molar-refractivity contribution in [1.82, 2.24) is 4.90 Å². The number of rotatable bonds is 3. The van der Waals surface area contributed by atoms with Crippen LogP contribution in [0, 0.1) is 12.7 Å². The Morgan fingerprint density at radius 1 is 0.852 bits per heavy atom. The Bertz CT molecular complexity index is 843. The standard InChI is InChI=1S/C21H22FN3O2/c1-15-2-6-18(7-3-15)25-20(26)14-19(21(25)27)24-12-10-23(11-13-24)17-8-4-16(22)5-9-17/h2-9,19H,10-14H2,1H3. The third-order valence-corrected chi connectivity index (χ3v) is 5.36. The van der Waals surface area contributed by atoms with Crippen LogP contribution >= 0.6 is 0 Å². The van der Waals surface area contributed by atoms with Crippen LogP contribution in [0.15, 0.2) is 48.5 Å². The molecule has 0 saturated carbocycles. The Morgan fingerprint density at radius 3 is 2.07 bits per heavy atom. The first-order chi connectivity index (χ1) is 13.0. The van der Waals surface area contributed by atoms with Crippen molar-refractivity contribution in [1.29, 1.82) is 0 Å². The van der Waals surface area contributed by atoms with Crippen LogP contribution in [-0.2, 0) is 9.59 Å². The fourth-order valence-electron chi connectivity index (χ4n) is 3.81. The van der Waals surface area contributed by atoms with Gasteiger partial charge in [-0.1, -0.05) is 17.7 Å². The van der Waals surface area contributed by atoms with Gasteiger partial charge < -0.3 is 4.90 Å². The van der Waals surface area contributed by atoms with Crippen molar-refractivity contribution in [2.45, 2.75) is 19.4 Å². The van der Waals surface area contributed by atoms with Gasteiger partial charge in [-0.2, -0.15) is 0 Å². The summed E-state index contributed by atoms with van der Waals surface area (Å²) < 4.78 is 13.1. The molecule has 6 heteroatoms. The highest BCUT2D eigenvalue weighted by Gasteiger charge is 2.43. The van der Waals surface area contributed by atoms with Crippen LogP contribution in [0.5, 0.6) is 0 Å². The number of benzene rings is 2. The number of hydrogen-bond donors (Lipinski definition) is 0. The van der Waals surface area contributed by atoms with E-state index in [1.165, 1.54) is 17.0 Å². The van der Waals surface area contributed by atoms with Crippen molar-refractivity contribution in [3.63, 3.8) is 0 Å². The molecule has 2 aliphatic rings. The smallest absolute Gasteiger partial charge is 0.251 e. The van der Waals surface area contributed by atoms with E-state index in [1.54, 1.807) is 12.1 Å². The second kappa shape index (κ2) is 7.12. The van der Waals surface area contributed by atoms with Crippen molar-refractivity contribution in [3.8, 4) is 0 Å². The zero-order valence-corrected chi connectivity index (χ0v) is 15.3. The highest BCUT2D eigenvalue weighted by molar-refractivity contribution is 6.22. The zero-order chi connectivity index (χ0) is 19.0. The quantitative estimate of drug-likeness (QED) is 0.783. The van der Waals surface area contributed by atoms with Gasteiger partial charge >= 0.3 is 0 Å². The van der Waals surface area contributed by atoms with Gasteiger partial charge in [0.1, 0.15) is 5.82 Å². The number of amides is 2. The van der Waals surface area contributed by atoms with E-state index in [1.807, 2.05) is 31.2 Å². The molecule has 0 spiro atoms. The minimum absolute atomic E-state index is 0.140. The molecular weight excluding hydrogens is 345 g/mol. The molecule has 2 aliphatic heterocycles. The van der Waals surface area contributed by atoms with E-state index in [2.05, 4.69) is 9.80 Å². The number of anilines is 2. The Morgan fingerprint density at radius 2 is 1.44 bits per heavy atom. The molecule has 0 radical (unpaired) electrons. The first kappa shape index (κ1) is 17.7. The highest BCUT2D eigenvalue weighted by Crippen LogP contribution is 2.27. The summed E-state index contributed by atoms with van der Waals surface area (Å²) >= 11 is 0. The number of nitrogens with zero attached hydrogens (tertiary/aromatic N) is 3. The molecule has 4 rings (SSSR count). The molecule has 5 nitrogen and oxygen atoms in total. The van der Waals surface area contributed by atoms with Crippen LogP contribution in [0.25, 0.3) is 0 Å². The maximum atomic E-state index is 13.1. The number of carbonyl (C=O) groups is 2. The first-order valence-electron chi connectivity index (χ1n) is 9.21. The summed E-state index contributed by atoms with van der Waals surface area (Å²) in [6.07, 6.45) is 0.225. The molecule has 2 aromatic rings. The van der Waals surface area contributed by atoms with Crippen molar-refractivity contribution >= 4 is 23.2 Å². The Labute approximate surface area is 158 Å². The lowest BCUT2D eigenvalue weighted by atomic mass is 10.1. The molecule has 0 N–H and O–H groups in total. The third-order valence-electron chi connectivity index (χ3n) is 5.36. The predicted octanol–water partition coefficient (Wildman–Crippen LogP) is 2.59. The van der Waals surface area contributed by atoms with Gasteiger partial charge in [0.2, 0.25) is 5.91 Å². The number of carbonyl (C=O) groups excluding carboxylic acids is 2. The van der Waals surface area contributed by atoms with Gasteiger partial charge in [0, 0.05) is 31.9 Å². The van der Waals surface area contributed by atoms with Crippen molar-refractivity contribution < 1.29 is 14.0 Å². The second-order valence-corrected chi connectivity index (χ2v) is 7.12. The van der Waals surface area contributed by atoms with E-state index in [-0.39, 0.29) is 24.1 Å². The van der Waals surface area contributed by atoms with Crippen molar-refractivity contribution in [2.24, 2.45) is 0 Å². The number of piperazine rings is 1. The summed E-state index contributed by atoms with van der Waals surface area (Å²) in [6, 6.07) is 13.5. The van der Waals surface area contributed by atoms with E-state index in [0.29, 0.717) is 18.8 Å². The topological polar surface area (TPSA) is 43.9 Å². The van der Waals surface area contributed by atoms with E-state index in [0.717, 1.165) is 24.3 Å². The Balaban J connectivity index is 1.43. The maximum Gasteiger partial charge on any atom is 0.251 e. The summed E-state index contributed by atoms with van der Waals surface area (Å²) in [5.41, 5.74) is 2.71. The largest absolute Gasteiger partial charge is 0.369 e. The maximum absolute atomic E-state index is 13.1. The van der Waals surface area contributed by atoms with Gasteiger partial charge in [-0.3, -0.25) is 14.5 Å². The summed E-state index contributed by atoms with van der Waals surface area (Å²) in [5.74, 6) is -0.530. The molecule has 140 valence electrons. The molecule has 0 aliphatic carbocycles. The molecule has 0 bridgehead atoms. The highest BCUT2D eigenvalue weighted by atomic mass is 19.1. The predicted molar refractivity (Wildman–Crippen MR) is 102 cm³/mol. The second-order valence-electron chi connectivity index (χ2n) is 7.12. The number of hydrogen-bond acceptors (Lipinski definition) is 4. The fraction of sp³-hybridized carbons (Fsp3) is 0.333. The minimum atomic E-state index is -0.394. The molecule has 0 aromatic heterocycles. The van der Waals surface area contributed by atoms with Crippen LogP contribution in [-0.4, -0.2) is 48.9 Å². The molecule has 1 atom stereocenters. The molecule has 2 heterocycles. The van der Waals surface area contributed by atoms with Gasteiger partial charge in [0.15, 0.2) is 0 Å². The third kappa shape index (κ3) is 3.45. The summed E-state index contributed by atoms with van der Waals surface area (Å²) in [6.45, 7) is 4.86. The number of aryl methyl sites for hydroxylation is 1. The summed E-state index contributed by atoms with van der Waals surface area (Å²) in [7, 11) is 0. The van der Waals surface area contributed by atoms with Gasteiger partial charge in [-0.25, -0.2) is 9.29 Å². The normalized spacial score (nSPS) is 21.2. The van der Waals surface area contributed by atoms with E-state index in [9.17, 15) is 14.0 Å². The Kier molecular flexibility index (Phi) is 4.66.